The maximum absolute atomic E-state index is 12.5. The summed E-state index contributed by atoms with van der Waals surface area (Å²) in [5, 5.41) is 2.65. The molecule has 164 valence electrons. The highest BCUT2D eigenvalue weighted by atomic mass is 16.2. The predicted octanol–water partition coefficient (Wildman–Crippen LogP) is 1.81. The second-order valence-corrected chi connectivity index (χ2v) is 9.52. The van der Waals surface area contributed by atoms with E-state index in [2.05, 4.69) is 15.3 Å². The highest BCUT2D eigenvalue weighted by molar-refractivity contribution is 5.91. The molecule has 0 fully saturated rings. The van der Waals surface area contributed by atoms with Gasteiger partial charge in [-0.2, -0.15) is 4.98 Å². The van der Waals surface area contributed by atoms with Crippen molar-refractivity contribution in [3.8, 4) is 0 Å². The average Bonchev–Trinajstić information content (AvgIpc) is 2.58. The standard InChI is InChI=1S/C21H31N5O4/c1-13(8-9-14-12-26(21(5,6)7)19(30)24-17(14)28)16(27)22-15-10-11-25(18(29)23-15)20(2,3)4/h10-13H,8-9H2,1-7H3,(H,24,28,30)(H,22,23,27,29). The molecular weight excluding hydrogens is 386 g/mol. The number of nitrogens with one attached hydrogen (secondary N) is 2. The molecule has 2 aromatic heterocycles. The first-order valence-electron chi connectivity index (χ1n) is 9.96. The quantitative estimate of drug-likeness (QED) is 0.769. The molecule has 0 radical (unpaired) electrons. The highest BCUT2D eigenvalue weighted by Crippen LogP contribution is 2.14. The monoisotopic (exact) mass is 417 g/mol. The molecule has 0 bridgehead atoms. The first-order chi connectivity index (χ1) is 13.7. The van der Waals surface area contributed by atoms with Gasteiger partial charge < -0.3 is 5.32 Å². The summed E-state index contributed by atoms with van der Waals surface area (Å²) in [7, 11) is 0. The summed E-state index contributed by atoms with van der Waals surface area (Å²) in [6.07, 6.45) is 3.89. The van der Waals surface area contributed by atoms with Crippen LogP contribution in [0, 0.1) is 5.92 Å². The number of hydrogen-bond acceptors (Lipinski definition) is 5. The van der Waals surface area contributed by atoms with Gasteiger partial charge in [-0.3, -0.25) is 23.7 Å². The molecule has 0 aliphatic carbocycles. The molecule has 9 heteroatoms. The zero-order valence-corrected chi connectivity index (χ0v) is 18.7. The minimum absolute atomic E-state index is 0.191. The van der Waals surface area contributed by atoms with E-state index in [4.69, 9.17) is 0 Å². The molecule has 30 heavy (non-hydrogen) atoms. The fourth-order valence-electron chi connectivity index (χ4n) is 2.92. The largest absolute Gasteiger partial charge is 0.349 e. The Balaban J connectivity index is 2.09. The number of hydrogen-bond donors (Lipinski definition) is 2. The topological polar surface area (TPSA) is 119 Å². The fourth-order valence-corrected chi connectivity index (χ4v) is 2.92. The van der Waals surface area contributed by atoms with Crippen molar-refractivity contribution in [1.82, 2.24) is 19.1 Å². The van der Waals surface area contributed by atoms with Crippen molar-refractivity contribution in [1.29, 1.82) is 0 Å². The Hall–Kier alpha value is -2.97. The Morgan fingerprint density at radius 1 is 1.10 bits per heavy atom. The van der Waals surface area contributed by atoms with Crippen LogP contribution in [0.3, 0.4) is 0 Å². The van der Waals surface area contributed by atoms with Gasteiger partial charge in [-0.15, -0.1) is 0 Å². The van der Waals surface area contributed by atoms with E-state index in [9.17, 15) is 19.2 Å². The van der Waals surface area contributed by atoms with Gasteiger partial charge in [0.25, 0.3) is 5.56 Å². The lowest BCUT2D eigenvalue weighted by Gasteiger charge is -2.22. The van der Waals surface area contributed by atoms with E-state index in [-0.39, 0.29) is 11.7 Å². The minimum atomic E-state index is -0.474. The van der Waals surface area contributed by atoms with Gasteiger partial charge in [0.05, 0.1) is 0 Å². The molecule has 0 aliphatic heterocycles. The van der Waals surface area contributed by atoms with E-state index in [0.29, 0.717) is 18.4 Å². The van der Waals surface area contributed by atoms with Crippen molar-refractivity contribution in [2.24, 2.45) is 5.92 Å². The number of rotatable bonds is 5. The third kappa shape index (κ3) is 5.55. The molecule has 2 aromatic rings. The number of aryl methyl sites for hydroxylation is 1. The van der Waals surface area contributed by atoms with Crippen LogP contribution < -0.4 is 22.3 Å². The van der Waals surface area contributed by atoms with Crippen LogP contribution in [-0.4, -0.2) is 25.0 Å². The van der Waals surface area contributed by atoms with Crippen LogP contribution in [0.1, 0.15) is 60.5 Å². The highest BCUT2D eigenvalue weighted by Gasteiger charge is 2.20. The van der Waals surface area contributed by atoms with Gasteiger partial charge in [-0.25, -0.2) is 9.59 Å². The molecule has 0 saturated heterocycles. The molecule has 1 unspecified atom stereocenters. The number of anilines is 1. The Morgan fingerprint density at radius 2 is 1.70 bits per heavy atom. The Morgan fingerprint density at radius 3 is 2.23 bits per heavy atom. The molecule has 1 atom stereocenters. The van der Waals surface area contributed by atoms with E-state index in [0.717, 1.165) is 0 Å². The molecule has 0 aromatic carbocycles. The summed E-state index contributed by atoms with van der Waals surface area (Å²) >= 11 is 0. The van der Waals surface area contributed by atoms with E-state index < -0.39 is 33.9 Å². The number of nitrogens with zero attached hydrogens (tertiary/aromatic N) is 3. The summed E-state index contributed by atoms with van der Waals surface area (Å²) in [6.45, 7) is 13.0. The number of carbonyl (C=O) groups is 1. The van der Waals surface area contributed by atoms with Gasteiger partial charge in [0.1, 0.15) is 5.82 Å². The average molecular weight is 418 g/mol. The van der Waals surface area contributed by atoms with Crippen molar-refractivity contribution in [3.63, 3.8) is 0 Å². The molecule has 9 nitrogen and oxygen atoms in total. The van der Waals surface area contributed by atoms with Crippen molar-refractivity contribution in [2.75, 3.05) is 5.32 Å². The summed E-state index contributed by atoms with van der Waals surface area (Å²) < 4.78 is 2.96. The van der Waals surface area contributed by atoms with E-state index in [1.54, 1.807) is 25.4 Å². The Bertz CT molecular complexity index is 1100. The van der Waals surface area contributed by atoms with Gasteiger partial charge >= 0.3 is 11.4 Å². The first-order valence-corrected chi connectivity index (χ1v) is 9.96. The summed E-state index contributed by atoms with van der Waals surface area (Å²) in [5.41, 5.74) is -1.79. The summed E-state index contributed by atoms with van der Waals surface area (Å²) in [4.78, 5) is 55.0. The zero-order chi connectivity index (χ0) is 22.9. The number of H-pyrrole nitrogens is 1. The third-order valence-electron chi connectivity index (χ3n) is 4.81. The molecule has 2 heterocycles. The second kappa shape index (κ2) is 8.41. The SMILES string of the molecule is CC(CCc1cn(C(C)(C)C)c(=O)[nH]c1=O)C(=O)Nc1ccn(C(C)(C)C)c(=O)n1. The zero-order valence-electron chi connectivity index (χ0n) is 18.7. The van der Waals surface area contributed by atoms with Crippen LogP contribution in [-0.2, 0) is 22.3 Å². The maximum Gasteiger partial charge on any atom is 0.349 e. The first kappa shape index (κ1) is 23.3. The fraction of sp³-hybridized carbons (Fsp3) is 0.571. The van der Waals surface area contributed by atoms with Crippen molar-refractivity contribution < 1.29 is 4.79 Å². The molecule has 0 aliphatic rings. The van der Waals surface area contributed by atoms with Gasteiger partial charge in [-0.1, -0.05) is 6.92 Å². The second-order valence-electron chi connectivity index (χ2n) is 9.52. The number of aromatic nitrogens is 4. The molecule has 2 rings (SSSR count). The summed E-state index contributed by atoms with van der Waals surface area (Å²) in [5.74, 6) is -0.529. The molecule has 2 N–H and O–H groups in total. The van der Waals surface area contributed by atoms with Gasteiger partial charge in [0.2, 0.25) is 5.91 Å². The smallest absolute Gasteiger partial charge is 0.310 e. The van der Waals surface area contributed by atoms with Crippen LogP contribution in [0.5, 0.6) is 0 Å². The van der Waals surface area contributed by atoms with Crippen molar-refractivity contribution in [3.05, 3.63) is 55.3 Å². The van der Waals surface area contributed by atoms with Crippen LogP contribution >= 0.6 is 0 Å². The lowest BCUT2D eigenvalue weighted by atomic mass is 10.0. The third-order valence-corrected chi connectivity index (χ3v) is 4.81. The number of aromatic amines is 1. The molecule has 1 amide bonds. The summed E-state index contributed by atoms with van der Waals surface area (Å²) in [6, 6.07) is 1.58. The lowest BCUT2D eigenvalue weighted by Crippen LogP contribution is -2.39. The molecule has 0 saturated carbocycles. The van der Waals surface area contributed by atoms with E-state index in [1.165, 1.54) is 9.13 Å². The van der Waals surface area contributed by atoms with E-state index >= 15 is 0 Å². The van der Waals surface area contributed by atoms with Gasteiger partial charge in [-0.05, 0) is 60.5 Å². The van der Waals surface area contributed by atoms with Crippen LogP contribution in [0.4, 0.5) is 5.82 Å². The normalized spacial score (nSPS) is 13.2. The van der Waals surface area contributed by atoms with E-state index in [1.807, 2.05) is 41.5 Å². The predicted molar refractivity (Wildman–Crippen MR) is 116 cm³/mol. The molecule has 0 spiro atoms. The number of amides is 1. The van der Waals surface area contributed by atoms with Crippen LogP contribution in [0.15, 0.2) is 32.8 Å². The Labute approximate surface area is 175 Å². The van der Waals surface area contributed by atoms with Crippen LogP contribution in [0.25, 0.3) is 0 Å². The van der Waals surface area contributed by atoms with Crippen LogP contribution in [0.2, 0.25) is 0 Å². The Kier molecular flexibility index (Phi) is 6.54. The molecular formula is C21H31N5O4. The maximum atomic E-state index is 12.5. The number of carbonyl (C=O) groups excluding carboxylic acids is 1. The van der Waals surface area contributed by atoms with Crippen molar-refractivity contribution >= 4 is 11.7 Å². The lowest BCUT2D eigenvalue weighted by molar-refractivity contribution is -0.119. The minimum Gasteiger partial charge on any atom is -0.310 e. The van der Waals surface area contributed by atoms with Crippen molar-refractivity contribution in [2.45, 2.75) is 72.4 Å². The van der Waals surface area contributed by atoms with Gasteiger partial charge in [0, 0.05) is 35.0 Å². The van der Waals surface area contributed by atoms with Gasteiger partial charge in [0.15, 0.2) is 0 Å².